The summed E-state index contributed by atoms with van der Waals surface area (Å²) in [5, 5.41) is 0. The minimum atomic E-state index is -4.28. The molecule has 0 aromatic heterocycles. The fraction of sp³-hybridized carbons (Fsp3) is 0.176. The zero-order valence-corrected chi connectivity index (χ0v) is 16.2. The van der Waals surface area contributed by atoms with Gasteiger partial charge in [-0.1, -0.05) is 42.0 Å². The number of halogens is 5. The predicted molar refractivity (Wildman–Crippen MR) is 85.9 cm³/mol. The third-order valence-electron chi connectivity index (χ3n) is 3.58. The van der Waals surface area contributed by atoms with Gasteiger partial charge in [0.15, 0.2) is 0 Å². The average Bonchev–Trinajstić information content (AvgIpc) is 2.87. The van der Waals surface area contributed by atoms with Gasteiger partial charge >= 0.3 is 44.1 Å². The Hall–Kier alpha value is -0.567. The van der Waals surface area contributed by atoms with Crippen molar-refractivity contribution in [3.05, 3.63) is 64.7 Å². The van der Waals surface area contributed by atoms with Crippen LogP contribution < -0.4 is 0 Å². The van der Waals surface area contributed by atoms with E-state index in [1.54, 1.807) is 12.1 Å². The zero-order chi connectivity index (χ0) is 17.0. The van der Waals surface area contributed by atoms with E-state index in [2.05, 4.69) is 19.1 Å². The van der Waals surface area contributed by atoms with E-state index in [1.807, 2.05) is 12.1 Å². The second-order valence-electron chi connectivity index (χ2n) is 5.19. The van der Waals surface area contributed by atoms with Crippen LogP contribution in [0.15, 0.2) is 48.0 Å². The standard InChI is InChI=1S/C17H13F3.2ClH.Zr/c1-11-9-13-3-2-4-15(16(13)10-11)12-5-7-14(8-6-12)17(18,19)20;;;/h2-8,10H,9H2,1H3;2*1H;/q;;;+2/p-2. The summed E-state index contributed by atoms with van der Waals surface area (Å²) in [6, 6.07) is 11.3. The molecule has 2 aromatic carbocycles. The summed E-state index contributed by atoms with van der Waals surface area (Å²) >= 11 is -0.826. The van der Waals surface area contributed by atoms with E-state index in [1.165, 1.54) is 11.1 Å². The Morgan fingerprint density at radius 2 is 1.61 bits per heavy atom. The van der Waals surface area contributed by atoms with Crippen molar-refractivity contribution in [1.82, 2.24) is 0 Å². The van der Waals surface area contributed by atoms with E-state index >= 15 is 0 Å². The second-order valence-corrected chi connectivity index (χ2v) is 8.92. The Morgan fingerprint density at radius 3 is 2.17 bits per heavy atom. The van der Waals surface area contributed by atoms with Crippen molar-refractivity contribution in [3.8, 4) is 11.1 Å². The summed E-state index contributed by atoms with van der Waals surface area (Å²) in [7, 11) is 9.87. The van der Waals surface area contributed by atoms with Gasteiger partial charge in [-0.3, -0.25) is 0 Å². The predicted octanol–water partition coefficient (Wildman–Crippen LogP) is 6.71. The first-order valence-electron chi connectivity index (χ1n) is 6.79. The van der Waals surface area contributed by atoms with Crippen LogP contribution in [0.1, 0.15) is 23.6 Å². The number of alkyl halides is 3. The normalized spacial score (nSPS) is 12.9. The van der Waals surface area contributed by atoms with Gasteiger partial charge in [0.25, 0.3) is 0 Å². The molecular formula is C17H13Cl2F3Zr. The van der Waals surface area contributed by atoms with Gasteiger partial charge in [0, 0.05) is 0 Å². The van der Waals surface area contributed by atoms with Crippen LogP contribution in [0, 0.1) is 0 Å². The average molecular weight is 436 g/mol. The van der Waals surface area contributed by atoms with Gasteiger partial charge in [0.05, 0.1) is 5.56 Å². The molecule has 0 unspecified atom stereocenters. The minimum absolute atomic E-state index is 0.611. The Labute approximate surface area is 152 Å². The zero-order valence-electron chi connectivity index (χ0n) is 12.2. The molecule has 0 spiro atoms. The molecule has 2 aromatic rings. The van der Waals surface area contributed by atoms with Crippen LogP contribution in [-0.4, -0.2) is 0 Å². The maximum absolute atomic E-state index is 12.6. The molecule has 23 heavy (non-hydrogen) atoms. The Bertz CT molecular complexity index is 707. The summed E-state index contributed by atoms with van der Waals surface area (Å²) in [5.41, 5.74) is 4.85. The van der Waals surface area contributed by atoms with Gasteiger partial charge < -0.3 is 0 Å². The van der Waals surface area contributed by atoms with E-state index in [0.717, 1.165) is 35.2 Å². The molecule has 0 radical (unpaired) electrons. The first-order chi connectivity index (χ1) is 10.9. The number of fused-ring (bicyclic) bond motifs is 1. The Balaban J connectivity index is 0.000000595. The molecule has 0 N–H and O–H groups in total. The summed E-state index contributed by atoms with van der Waals surface area (Å²) in [6.07, 6.45) is -1.25. The topological polar surface area (TPSA) is 0 Å². The van der Waals surface area contributed by atoms with Crippen LogP contribution in [0.4, 0.5) is 13.2 Å². The summed E-state index contributed by atoms with van der Waals surface area (Å²) < 4.78 is 37.8. The van der Waals surface area contributed by atoms with Crippen LogP contribution in [0.25, 0.3) is 17.2 Å². The molecule has 0 nitrogen and oxygen atoms in total. The molecule has 0 bridgehead atoms. The van der Waals surface area contributed by atoms with Gasteiger partial charge in [-0.15, -0.1) is 0 Å². The SMILES string of the molecule is CC1=Cc2c(cccc2-c2ccc(C(F)(F)F)cc2)C1.[Cl][Zr][Cl]. The molecule has 0 aliphatic heterocycles. The van der Waals surface area contributed by atoms with E-state index in [0.29, 0.717) is 0 Å². The summed E-state index contributed by atoms with van der Waals surface area (Å²) in [6.45, 7) is 2.07. The first kappa shape index (κ1) is 18.8. The van der Waals surface area contributed by atoms with Gasteiger partial charge in [-0.05, 0) is 47.7 Å². The van der Waals surface area contributed by atoms with Gasteiger partial charge in [0.1, 0.15) is 0 Å². The van der Waals surface area contributed by atoms with Gasteiger partial charge in [0.2, 0.25) is 0 Å². The fourth-order valence-electron chi connectivity index (χ4n) is 2.63. The van der Waals surface area contributed by atoms with Crippen molar-refractivity contribution in [2.24, 2.45) is 0 Å². The van der Waals surface area contributed by atoms with Crippen LogP contribution in [0.2, 0.25) is 0 Å². The monoisotopic (exact) mass is 434 g/mol. The molecule has 0 heterocycles. The van der Waals surface area contributed by atoms with Crippen molar-refractivity contribution in [3.63, 3.8) is 0 Å². The van der Waals surface area contributed by atoms with Crippen molar-refractivity contribution in [2.45, 2.75) is 19.5 Å². The Kier molecular flexibility index (Phi) is 6.53. The molecule has 6 heteroatoms. The molecule has 0 saturated carbocycles. The fourth-order valence-corrected chi connectivity index (χ4v) is 2.63. The quantitative estimate of drug-likeness (QED) is 0.466. The number of hydrogen-bond acceptors (Lipinski definition) is 0. The van der Waals surface area contributed by atoms with Crippen LogP contribution in [0.3, 0.4) is 0 Å². The van der Waals surface area contributed by atoms with E-state index in [4.69, 9.17) is 17.0 Å². The molecule has 120 valence electrons. The number of benzene rings is 2. The number of allylic oxidation sites excluding steroid dienone is 1. The molecule has 0 fully saturated rings. The van der Waals surface area contributed by atoms with Crippen molar-refractivity contribution in [1.29, 1.82) is 0 Å². The first-order valence-corrected chi connectivity index (χ1v) is 13.1. The molecule has 0 saturated heterocycles. The van der Waals surface area contributed by atoms with Crippen molar-refractivity contribution in [2.75, 3.05) is 0 Å². The van der Waals surface area contributed by atoms with Crippen molar-refractivity contribution >= 4 is 23.1 Å². The Morgan fingerprint density at radius 1 is 1.00 bits per heavy atom. The maximum atomic E-state index is 12.6. The molecule has 1 aliphatic rings. The van der Waals surface area contributed by atoms with Crippen LogP contribution >= 0.6 is 17.0 Å². The summed E-state index contributed by atoms with van der Waals surface area (Å²) in [4.78, 5) is 0. The van der Waals surface area contributed by atoms with Crippen molar-refractivity contribution < 1.29 is 34.0 Å². The molecule has 0 atom stereocenters. The van der Waals surface area contributed by atoms with E-state index in [-0.39, 0.29) is 0 Å². The third-order valence-corrected chi connectivity index (χ3v) is 3.58. The number of hydrogen-bond donors (Lipinski definition) is 0. The second kappa shape index (κ2) is 8.01. The molecule has 3 rings (SSSR count). The number of rotatable bonds is 1. The molecule has 0 amide bonds. The summed E-state index contributed by atoms with van der Waals surface area (Å²) in [5.74, 6) is 0. The van der Waals surface area contributed by atoms with E-state index < -0.39 is 32.6 Å². The van der Waals surface area contributed by atoms with Crippen LogP contribution in [-0.2, 0) is 33.4 Å². The molecule has 1 aliphatic carbocycles. The molecular weight excluding hydrogens is 423 g/mol. The van der Waals surface area contributed by atoms with E-state index in [9.17, 15) is 13.2 Å². The van der Waals surface area contributed by atoms with Crippen LogP contribution in [0.5, 0.6) is 0 Å². The third kappa shape index (κ3) is 4.71. The van der Waals surface area contributed by atoms with Gasteiger partial charge in [-0.25, -0.2) is 0 Å². The van der Waals surface area contributed by atoms with Gasteiger partial charge in [-0.2, -0.15) is 13.2 Å².